The maximum absolute atomic E-state index is 12.4. The van der Waals surface area contributed by atoms with Gasteiger partial charge in [0.1, 0.15) is 0 Å². The van der Waals surface area contributed by atoms with Crippen molar-refractivity contribution in [1.29, 1.82) is 0 Å². The number of hydrogen-bond donors (Lipinski definition) is 1. The van der Waals surface area contributed by atoms with Crippen LogP contribution in [0.5, 0.6) is 0 Å². The molecule has 0 spiro atoms. The van der Waals surface area contributed by atoms with Crippen LogP contribution in [0.25, 0.3) is 0 Å². The van der Waals surface area contributed by atoms with Crippen LogP contribution in [0.1, 0.15) is 24.8 Å². The van der Waals surface area contributed by atoms with Crippen molar-refractivity contribution in [2.45, 2.75) is 31.7 Å². The van der Waals surface area contributed by atoms with Crippen LogP contribution in [-0.2, 0) is 16.3 Å². The van der Waals surface area contributed by atoms with Gasteiger partial charge in [-0.3, -0.25) is 0 Å². The quantitative estimate of drug-likeness (QED) is 0.916. The molecule has 0 aromatic heterocycles. The van der Waals surface area contributed by atoms with Crippen LogP contribution in [0, 0.1) is 5.92 Å². The zero-order valence-corrected chi connectivity index (χ0v) is 14.1. The average molecular weight is 336 g/mol. The van der Waals surface area contributed by atoms with Gasteiger partial charge >= 0.3 is 6.03 Å². The van der Waals surface area contributed by atoms with Gasteiger partial charge in [0.15, 0.2) is 9.84 Å². The van der Waals surface area contributed by atoms with Gasteiger partial charge in [0.25, 0.3) is 0 Å². The minimum Gasteiger partial charge on any atom is -0.335 e. The van der Waals surface area contributed by atoms with E-state index in [0.717, 1.165) is 25.7 Å². The first kappa shape index (κ1) is 16.3. The molecule has 5 nitrogen and oxygen atoms in total. The summed E-state index contributed by atoms with van der Waals surface area (Å²) >= 11 is 0. The zero-order valence-electron chi connectivity index (χ0n) is 13.3. The number of amides is 2. The van der Waals surface area contributed by atoms with Gasteiger partial charge in [0, 0.05) is 19.1 Å². The first-order valence-electron chi connectivity index (χ1n) is 8.33. The molecule has 2 aliphatic rings. The van der Waals surface area contributed by atoms with E-state index in [1.54, 1.807) is 4.90 Å². The number of benzene rings is 1. The molecule has 1 saturated carbocycles. The van der Waals surface area contributed by atoms with E-state index in [2.05, 4.69) is 17.4 Å². The van der Waals surface area contributed by atoms with Crippen LogP contribution in [0.15, 0.2) is 30.3 Å². The molecule has 1 aromatic rings. The highest BCUT2D eigenvalue weighted by molar-refractivity contribution is 7.91. The van der Waals surface area contributed by atoms with Crippen molar-refractivity contribution < 1.29 is 13.2 Å². The SMILES string of the molecule is O=C(N[C@@H]1CCC[C@@H]1Cc1ccccc1)N1CCS(=O)(=O)CC1. The lowest BCUT2D eigenvalue weighted by molar-refractivity contribution is 0.194. The summed E-state index contributed by atoms with van der Waals surface area (Å²) in [6.45, 7) is 0.620. The second-order valence-corrected chi connectivity index (χ2v) is 8.88. The Morgan fingerprint density at radius 1 is 1.13 bits per heavy atom. The van der Waals surface area contributed by atoms with Crippen molar-refractivity contribution in [1.82, 2.24) is 10.2 Å². The van der Waals surface area contributed by atoms with Gasteiger partial charge in [-0.25, -0.2) is 13.2 Å². The molecule has 2 atom stereocenters. The Kier molecular flexibility index (Phi) is 4.90. The van der Waals surface area contributed by atoms with E-state index in [4.69, 9.17) is 0 Å². The third kappa shape index (κ3) is 4.25. The van der Waals surface area contributed by atoms with Crippen molar-refractivity contribution in [3.63, 3.8) is 0 Å². The van der Waals surface area contributed by atoms with Crippen molar-refractivity contribution in [2.24, 2.45) is 5.92 Å². The van der Waals surface area contributed by atoms with Crippen LogP contribution >= 0.6 is 0 Å². The monoisotopic (exact) mass is 336 g/mol. The standard InChI is InChI=1S/C17H24N2O3S/c20-17(19-9-11-23(21,22)12-10-19)18-16-8-4-7-15(16)13-14-5-2-1-3-6-14/h1-3,5-6,15-16H,4,7-13H2,(H,18,20)/t15-,16-/m1/s1. The molecule has 126 valence electrons. The molecular weight excluding hydrogens is 312 g/mol. The molecule has 0 radical (unpaired) electrons. The predicted octanol–water partition coefficient (Wildman–Crippen LogP) is 1.84. The maximum Gasteiger partial charge on any atom is 0.317 e. The third-order valence-electron chi connectivity index (χ3n) is 4.94. The second-order valence-electron chi connectivity index (χ2n) is 6.58. The molecule has 0 unspecified atom stereocenters. The molecule has 2 amide bonds. The lowest BCUT2D eigenvalue weighted by Crippen LogP contribution is -2.51. The molecule has 6 heteroatoms. The molecule has 0 bridgehead atoms. The minimum atomic E-state index is -2.95. The van der Waals surface area contributed by atoms with Gasteiger partial charge in [-0.15, -0.1) is 0 Å². The number of nitrogens with one attached hydrogen (secondary N) is 1. The van der Waals surface area contributed by atoms with Crippen molar-refractivity contribution in [3.8, 4) is 0 Å². The summed E-state index contributed by atoms with van der Waals surface area (Å²) in [7, 11) is -2.95. The van der Waals surface area contributed by atoms with E-state index in [9.17, 15) is 13.2 Å². The van der Waals surface area contributed by atoms with Crippen LogP contribution in [0.3, 0.4) is 0 Å². The van der Waals surface area contributed by atoms with Gasteiger partial charge in [-0.05, 0) is 30.7 Å². The smallest absolute Gasteiger partial charge is 0.317 e. The van der Waals surface area contributed by atoms with Crippen molar-refractivity contribution >= 4 is 15.9 Å². The summed E-state index contributed by atoms with van der Waals surface area (Å²) in [6.07, 6.45) is 4.26. The number of hydrogen-bond acceptors (Lipinski definition) is 3. The van der Waals surface area contributed by atoms with E-state index >= 15 is 0 Å². The number of urea groups is 1. The Morgan fingerprint density at radius 2 is 1.83 bits per heavy atom. The number of carbonyl (C=O) groups is 1. The Morgan fingerprint density at radius 3 is 2.52 bits per heavy atom. The van der Waals surface area contributed by atoms with E-state index in [-0.39, 0.29) is 23.6 Å². The molecule has 23 heavy (non-hydrogen) atoms. The third-order valence-corrected chi connectivity index (χ3v) is 6.55. The van der Waals surface area contributed by atoms with Gasteiger partial charge in [-0.1, -0.05) is 36.8 Å². The first-order chi connectivity index (χ1) is 11.0. The Labute approximate surface area is 138 Å². The van der Waals surface area contributed by atoms with Crippen molar-refractivity contribution in [2.75, 3.05) is 24.6 Å². The van der Waals surface area contributed by atoms with Crippen LogP contribution in [-0.4, -0.2) is 50.0 Å². The minimum absolute atomic E-state index is 0.0819. The summed E-state index contributed by atoms with van der Waals surface area (Å²) in [5, 5.41) is 3.14. The molecular formula is C17H24N2O3S. The predicted molar refractivity (Wildman–Crippen MR) is 90.0 cm³/mol. The summed E-state index contributed by atoms with van der Waals surface area (Å²) in [6, 6.07) is 10.5. The topological polar surface area (TPSA) is 66.5 Å². The lowest BCUT2D eigenvalue weighted by Gasteiger charge is -2.30. The van der Waals surface area contributed by atoms with Gasteiger partial charge in [0.05, 0.1) is 11.5 Å². The van der Waals surface area contributed by atoms with Crippen LogP contribution < -0.4 is 5.32 Å². The zero-order chi connectivity index (χ0) is 16.3. The van der Waals surface area contributed by atoms with Gasteiger partial charge in [0.2, 0.25) is 0 Å². The largest absolute Gasteiger partial charge is 0.335 e. The number of carbonyl (C=O) groups excluding carboxylic acids is 1. The van der Waals surface area contributed by atoms with E-state index in [0.29, 0.717) is 19.0 Å². The van der Waals surface area contributed by atoms with Crippen LogP contribution in [0.2, 0.25) is 0 Å². The molecule has 3 rings (SSSR count). The fraction of sp³-hybridized carbons (Fsp3) is 0.588. The fourth-order valence-electron chi connectivity index (χ4n) is 3.55. The molecule has 1 aliphatic carbocycles. The second kappa shape index (κ2) is 6.91. The summed E-state index contributed by atoms with van der Waals surface area (Å²) in [4.78, 5) is 14.0. The van der Waals surface area contributed by atoms with Crippen molar-refractivity contribution in [3.05, 3.63) is 35.9 Å². The molecule has 1 heterocycles. The number of sulfone groups is 1. The molecule has 1 N–H and O–H groups in total. The first-order valence-corrected chi connectivity index (χ1v) is 10.2. The summed E-state index contributed by atoms with van der Waals surface area (Å²) < 4.78 is 22.9. The summed E-state index contributed by atoms with van der Waals surface area (Å²) in [5.41, 5.74) is 1.31. The van der Waals surface area contributed by atoms with Crippen LogP contribution in [0.4, 0.5) is 4.79 Å². The summed E-state index contributed by atoms with van der Waals surface area (Å²) in [5.74, 6) is 0.631. The molecule has 2 fully saturated rings. The Hall–Kier alpha value is -1.56. The Bertz CT molecular complexity index is 631. The number of rotatable bonds is 3. The van der Waals surface area contributed by atoms with E-state index in [1.165, 1.54) is 5.56 Å². The highest BCUT2D eigenvalue weighted by Gasteiger charge is 2.31. The van der Waals surface area contributed by atoms with E-state index < -0.39 is 9.84 Å². The highest BCUT2D eigenvalue weighted by atomic mass is 32.2. The fourth-order valence-corrected chi connectivity index (χ4v) is 4.75. The van der Waals surface area contributed by atoms with Gasteiger partial charge in [-0.2, -0.15) is 0 Å². The lowest BCUT2D eigenvalue weighted by atomic mass is 9.95. The van der Waals surface area contributed by atoms with E-state index in [1.807, 2.05) is 18.2 Å². The molecule has 1 aliphatic heterocycles. The van der Waals surface area contributed by atoms with Gasteiger partial charge < -0.3 is 10.2 Å². The highest BCUT2D eigenvalue weighted by Crippen LogP contribution is 2.29. The normalized spacial score (nSPS) is 26.9. The molecule has 1 aromatic carbocycles. The molecule has 1 saturated heterocycles. The Balaban J connectivity index is 1.55. The maximum atomic E-state index is 12.4. The number of nitrogens with zero attached hydrogens (tertiary/aromatic N) is 1. The average Bonchev–Trinajstić information content (AvgIpc) is 2.95.